The molecule has 1 unspecified atom stereocenters. The largest absolute Gasteiger partial charge is 0.369 e. The lowest BCUT2D eigenvalue weighted by molar-refractivity contribution is 0.0228. The Bertz CT molecular complexity index is 474. The minimum atomic E-state index is 0.143. The van der Waals surface area contributed by atoms with Gasteiger partial charge in [0.05, 0.1) is 24.8 Å². The van der Waals surface area contributed by atoms with E-state index in [-0.39, 0.29) is 6.10 Å². The maximum Gasteiger partial charge on any atom is 0.111 e. The van der Waals surface area contributed by atoms with Crippen molar-refractivity contribution in [2.24, 2.45) is 0 Å². The zero-order valence-electron chi connectivity index (χ0n) is 10.2. The molecule has 2 aromatic heterocycles. The minimum Gasteiger partial charge on any atom is -0.369 e. The molecule has 96 valence electrons. The van der Waals surface area contributed by atoms with Crippen LogP contribution in [0.15, 0.2) is 30.0 Å². The van der Waals surface area contributed by atoms with Gasteiger partial charge in [0.15, 0.2) is 0 Å². The van der Waals surface area contributed by atoms with Gasteiger partial charge in [0, 0.05) is 24.5 Å². The zero-order chi connectivity index (χ0) is 12.2. The predicted molar refractivity (Wildman–Crippen MR) is 71.8 cm³/mol. The molecule has 1 aliphatic rings. The lowest BCUT2D eigenvalue weighted by atomic mass is 10.2. The van der Waals surface area contributed by atoms with E-state index in [0.717, 1.165) is 32.7 Å². The molecule has 3 heterocycles. The van der Waals surface area contributed by atoms with E-state index in [4.69, 9.17) is 4.74 Å². The fourth-order valence-corrected chi connectivity index (χ4v) is 2.92. The molecular formula is C13H17N3OS. The maximum absolute atomic E-state index is 5.78. The first-order chi connectivity index (χ1) is 8.93. The highest BCUT2D eigenvalue weighted by Gasteiger charge is 2.19. The van der Waals surface area contributed by atoms with Gasteiger partial charge in [0.2, 0.25) is 0 Å². The number of nitrogens with one attached hydrogen (secondary N) is 1. The van der Waals surface area contributed by atoms with Gasteiger partial charge >= 0.3 is 0 Å². The molecule has 1 saturated heterocycles. The number of rotatable bonds is 4. The quantitative estimate of drug-likeness (QED) is 0.915. The van der Waals surface area contributed by atoms with Gasteiger partial charge in [-0.3, -0.25) is 0 Å². The second-order valence-corrected chi connectivity index (χ2v) is 5.44. The van der Waals surface area contributed by atoms with Crippen LogP contribution in [0.4, 0.5) is 0 Å². The minimum absolute atomic E-state index is 0.143. The van der Waals surface area contributed by atoms with Gasteiger partial charge in [-0.1, -0.05) is 6.07 Å². The molecule has 0 radical (unpaired) electrons. The molecule has 2 aromatic rings. The third-order valence-corrected chi connectivity index (χ3v) is 4.12. The average molecular weight is 263 g/mol. The van der Waals surface area contributed by atoms with Crippen LogP contribution < -0.4 is 5.32 Å². The number of thiophene rings is 1. The molecule has 1 aliphatic heterocycles. The number of aryl methyl sites for hydroxylation is 2. The maximum atomic E-state index is 5.78. The number of hydrogen-bond donors (Lipinski definition) is 1. The SMILES string of the molecule is c1csc(CCn2cncc2C2CNCCO2)c1. The second-order valence-electron chi connectivity index (χ2n) is 4.40. The first-order valence-electron chi connectivity index (χ1n) is 6.28. The molecule has 0 spiro atoms. The molecule has 1 atom stereocenters. The number of hydrogen-bond acceptors (Lipinski definition) is 4. The van der Waals surface area contributed by atoms with Crippen molar-refractivity contribution in [1.82, 2.24) is 14.9 Å². The fraction of sp³-hybridized carbons (Fsp3) is 0.462. The number of ether oxygens (including phenoxy) is 1. The Labute approximate surface area is 111 Å². The van der Waals surface area contributed by atoms with E-state index >= 15 is 0 Å². The van der Waals surface area contributed by atoms with Crippen molar-refractivity contribution >= 4 is 11.3 Å². The summed E-state index contributed by atoms with van der Waals surface area (Å²) < 4.78 is 7.99. The normalized spacial score (nSPS) is 20.1. The van der Waals surface area contributed by atoms with E-state index in [2.05, 4.69) is 32.4 Å². The molecule has 1 N–H and O–H groups in total. The van der Waals surface area contributed by atoms with E-state index in [9.17, 15) is 0 Å². The molecule has 4 nitrogen and oxygen atoms in total. The highest BCUT2D eigenvalue weighted by atomic mass is 32.1. The summed E-state index contributed by atoms with van der Waals surface area (Å²) in [6.07, 6.45) is 5.03. The van der Waals surface area contributed by atoms with Crippen LogP contribution in [0, 0.1) is 0 Å². The van der Waals surface area contributed by atoms with Gasteiger partial charge < -0.3 is 14.6 Å². The summed E-state index contributed by atoms with van der Waals surface area (Å²) in [5, 5.41) is 5.48. The van der Waals surface area contributed by atoms with E-state index in [0.29, 0.717) is 0 Å². The van der Waals surface area contributed by atoms with Crippen LogP contribution in [0.1, 0.15) is 16.7 Å². The molecule has 0 amide bonds. The fourth-order valence-electron chi connectivity index (χ4n) is 2.23. The average Bonchev–Trinajstić information content (AvgIpc) is 3.09. The van der Waals surface area contributed by atoms with Crippen molar-refractivity contribution in [3.63, 3.8) is 0 Å². The van der Waals surface area contributed by atoms with Gasteiger partial charge in [-0.2, -0.15) is 0 Å². The first kappa shape index (κ1) is 11.9. The van der Waals surface area contributed by atoms with Gasteiger partial charge in [0.1, 0.15) is 6.10 Å². The lowest BCUT2D eigenvalue weighted by Crippen LogP contribution is -2.34. The van der Waals surface area contributed by atoms with Crippen LogP contribution in [-0.4, -0.2) is 29.2 Å². The molecular weight excluding hydrogens is 246 g/mol. The van der Waals surface area contributed by atoms with Crippen LogP contribution in [0.5, 0.6) is 0 Å². The Morgan fingerprint density at radius 3 is 3.33 bits per heavy atom. The summed E-state index contributed by atoms with van der Waals surface area (Å²) in [4.78, 5) is 5.67. The summed E-state index contributed by atoms with van der Waals surface area (Å²) in [6, 6.07) is 4.28. The van der Waals surface area contributed by atoms with Crippen LogP contribution in [-0.2, 0) is 17.7 Å². The first-order valence-corrected chi connectivity index (χ1v) is 7.16. The van der Waals surface area contributed by atoms with E-state index < -0.39 is 0 Å². The van der Waals surface area contributed by atoms with Crippen molar-refractivity contribution < 1.29 is 4.74 Å². The van der Waals surface area contributed by atoms with Crippen molar-refractivity contribution in [2.75, 3.05) is 19.7 Å². The predicted octanol–water partition coefficient (Wildman–Crippen LogP) is 1.85. The lowest BCUT2D eigenvalue weighted by Gasteiger charge is -2.24. The van der Waals surface area contributed by atoms with Crippen molar-refractivity contribution in [1.29, 1.82) is 0 Å². The number of nitrogens with zero attached hydrogens (tertiary/aromatic N) is 2. The highest BCUT2D eigenvalue weighted by Crippen LogP contribution is 2.19. The van der Waals surface area contributed by atoms with Gasteiger partial charge in [-0.25, -0.2) is 4.98 Å². The van der Waals surface area contributed by atoms with Crippen LogP contribution in [0.2, 0.25) is 0 Å². The molecule has 0 aromatic carbocycles. The number of morpholine rings is 1. The second kappa shape index (κ2) is 5.65. The summed E-state index contributed by atoms with van der Waals surface area (Å²) >= 11 is 1.81. The molecule has 0 bridgehead atoms. The zero-order valence-corrected chi connectivity index (χ0v) is 11.0. The Morgan fingerprint density at radius 2 is 2.56 bits per heavy atom. The highest BCUT2D eigenvalue weighted by molar-refractivity contribution is 7.09. The molecule has 1 fully saturated rings. The number of aromatic nitrogens is 2. The Morgan fingerprint density at radius 1 is 1.56 bits per heavy atom. The third-order valence-electron chi connectivity index (χ3n) is 3.18. The summed E-state index contributed by atoms with van der Waals surface area (Å²) in [5.41, 5.74) is 1.18. The van der Waals surface area contributed by atoms with Crippen molar-refractivity contribution in [3.8, 4) is 0 Å². The van der Waals surface area contributed by atoms with Crippen LogP contribution >= 0.6 is 11.3 Å². The number of imidazole rings is 1. The molecule has 18 heavy (non-hydrogen) atoms. The Balaban J connectivity index is 1.67. The molecule has 3 rings (SSSR count). The van der Waals surface area contributed by atoms with Crippen molar-refractivity contribution in [2.45, 2.75) is 19.1 Å². The molecule has 0 aliphatic carbocycles. The van der Waals surface area contributed by atoms with E-state index in [1.165, 1.54) is 10.6 Å². The van der Waals surface area contributed by atoms with Gasteiger partial charge in [0.25, 0.3) is 0 Å². The smallest absolute Gasteiger partial charge is 0.111 e. The van der Waals surface area contributed by atoms with Gasteiger partial charge in [-0.05, 0) is 17.9 Å². The van der Waals surface area contributed by atoms with Crippen LogP contribution in [0.3, 0.4) is 0 Å². The van der Waals surface area contributed by atoms with Crippen molar-refractivity contribution in [3.05, 3.63) is 40.6 Å². The summed E-state index contributed by atoms with van der Waals surface area (Å²) in [6.45, 7) is 3.57. The molecule has 5 heteroatoms. The Hall–Kier alpha value is -1.17. The Kier molecular flexibility index (Phi) is 3.73. The topological polar surface area (TPSA) is 39.1 Å². The van der Waals surface area contributed by atoms with Gasteiger partial charge in [-0.15, -0.1) is 11.3 Å². The third kappa shape index (κ3) is 2.63. The van der Waals surface area contributed by atoms with Crippen LogP contribution in [0.25, 0.3) is 0 Å². The van der Waals surface area contributed by atoms with E-state index in [1.54, 1.807) is 0 Å². The van der Waals surface area contributed by atoms with E-state index in [1.807, 2.05) is 23.9 Å². The molecule has 0 saturated carbocycles. The summed E-state index contributed by atoms with van der Waals surface area (Å²) in [7, 11) is 0. The standard InChI is InChI=1S/C13H17N3OS/c1-2-11(18-7-1)3-5-16-10-15-8-12(16)13-9-14-4-6-17-13/h1-2,7-8,10,13-14H,3-6,9H2. The summed E-state index contributed by atoms with van der Waals surface area (Å²) in [5.74, 6) is 0. The monoisotopic (exact) mass is 263 g/mol.